The van der Waals surface area contributed by atoms with Gasteiger partial charge in [-0.05, 0) is 12.8 Å². The van der Waals surface area contributed by atoms with Crippen LogP contribution in [0.4, 0.5) is 0 Å². The molecule has 0 spiro atoms. The molecule has 4 nitrogen and oxygen atoms in total. The van der Waals surface area contributed by atoms with Crippen molar-refractivity contribution in [1.29, 1.82) is 0 Å². The Morgan fingerprint density at radius 2 is 1.95 bits per heavy atom. The monoisotopic (exact) mass is 265 g/mol. The molecule has 1 aromatic rings. The van der Waals surface area contributed by atoms with Crippen LogP contribution in [0.25, 0.3) is 0 Å². The molecule has 1 N–H and O–H groups in total. The third-order valence-corrected chi connectivity index (χ3v) is 3.23. The number of hydrogen-bond donors (Lipinski definition) is 1. The third-order valence-electron chi connectivity index (χ3n) is 3.23. The molecule has 0 fully saturated rings. The number of nitrogens with one attached hydrogen (secondary N) is 1. The van der Waals surface area contributed by atoms with Gasteiger partial charge in [0.25, 0.3) is 0 Å². The number of rotatable bonds is 11. The number of nitrogens with zero attached hydrogens (tertiary/aromatic N) is 2. The number of unbranched alkanes of at least 4 members (excludes halogenated alkanes) is 5. The van der Waals surface area contributed by atoms with Crippen LogP contribution in [0.5, 0.6) is 0 Å². The van der Waals surface area contributed by atoms with E-state index in [9.17, 15) is 4.79 Å². The smallest absolute Gasteiger partial charge is 0.219 e. The lowest BCUT2D eigenvalue weighted by Gasteiger charge is -2.05. The molecule has 4 heteroatoms. The van der Waals surface area contributed by atoms with Gasteiger partial charge in [-0.1, -0.05) is 39.0 Å². The zero-order chi connectivity index (χ0) is 13.8. The zero-order valence-electron chi connectivity index (χ0n) is 12.1. The van der Waals surface area contributed by atoms with Crippen molar-refractivity contribution in [2.45, 2.75) is 64.8 Å². The zero-order valence-corrected chi connectivity index (χ0v) is 12.1. The van der Waals surface area contributed by atoms with Crippen LogP contribution in [-0.2, 0) is 11.3 Å². The van der Waals surface area contributed by atoms with Crippen LogP contribution in [-0.4, -0.2) is 22.0 Å². The molecule has 0 aliphatic rings. The van der Waals surface area contributed by atoms with Crippen LogP contribution in [0.1, 0.15) is 58.3 Å². The highest BCUT2D eigenvalue weighted by Gasteiger charge is 2.00. The first-order valence-electron chi connectivity index (χ1n) is 7.55. The summed E-state index contributed by atoms with van der Waals surface area (Å²) < 4.78 is 2.03. The van der Waals surface area contributed by atoms with Gasteiger partial charge in [0, 0.05) is 31.9 Å². The van der Waals surface area contributed by atoms with Gasteiger partial charge in [0.1, 0.15) is 0 Å². The van der Waals surface area contributed by atoms with Gasteiger partial charge in [0.05, 0.1) is 6.33 Å². The fourth-order valence-corrected chi connectivity index (χ4v) is 2.06. The van der Waals surface area contributed by atoms with Crippen molar-refractivity contribution in [3.63, 3.8) is 0 Å². The maximum absolute atomic E-state index is 11.6. The molecule has 0 saturated heterocycles. The Hall–Kier alpha value is -1.32. The predicted molar refractivity (Wildman–Crippen MR) is 77.8 cm³/mol. The highest BCUT2D eigenvalue weighted by atomic mass is 16.1. The minimum Gasteiger partial charge on any atom is -0.356 e. The summed E-state index contributed by atoms with van der Waals surface area (Å²) in [4.78, 5) is 15.5. The Morgan fingerprint density at radius 1 is 1.16 bits per heavy atom. The van der Waals surface area contributed by atoms with Gasteiger partial charge >= 0.3 is 0 Å². The average molecular weight is 265 g/mol. The maximum Gasteiger partial charge on any atom is 0.219 e. The Morgan fingerprint density at radius 3 is 2.68 bits per heavy atom. The quantitative estimate of drug-likeness (QED) is 0.625. The van der Waals surface area contributed by atoms with Crippen LogP contribution in [0, 0.1) is 0 Å². The van der Waals surface area contributed by atoms with E-state index >= 15 is 0 Å². The molecule has 0 unspecified atom stereocenters. The predicted octanol–water partition coefficient (Wildman–Crippen LogP) is 3.14. The molecular weight excluding hydrogens is 238 g/mol. The topological polar surface area (TPSA) is 46.9 Å². The maximum atomic E-state index is 11.6. The molecule has 0 aromatic carbocycles. The molecule has 1 rings (SSSR count). The van der Waals surface area contributed by atoms with Crippen LogP contribution in [0.2, 0.25) is 0 Å². The lowest BCUT2D eigenvalue weighted by Crippen LogP contribution is -2.24. The van der Waals surface area contributed by atoms with Crippen molar-refractivity contribution in [2.24, 2.45) is 0 Å². The number of imidazole rings is 1. The van der Waals surface area contributed by atoms with Crippen molar-refractivity contribution >= 4 is 5.91 Å². The second-order valence-electron chi connectivity index (χ2n) is 5.02. The summed E-state index contributed by atoms with van der Waals surface area (Å²) in [7, 11) is 0. The largest absolute Gasteiger partial charge is 0.356 e. The minimum atomic E-state index is 0.195. The van der Waals surface area contributed by atoms with E-state index in [1.807, 2.05) is 10.8 Å². The second-order valence-corrected chi connectivity index (χ2v) is 5.02. The number of carbonyl (C=O) groups excluding carboxylic acids is 1. The first kappa shape index (κ1) is 15.7. The third kappa shape index (κ3) is 8.41. The molecule has 0 bridgehead atoms. The average Bonchev–Trinajstić information content (AvgIpc) is 2.92. The van der Waals surface area contributed by atoms with Gasteiger partial charge < -0.3 is 9.88 Å². The van der Waals surface area contributed by atoms with Gasteiger partial charge in [-0.2, -0.15) is 0 Å². The molecule has 108 valence electrons. The molecule has 0 atom stereocenters. The van der Waals surface area contributed by atoms with Crippen molar-refractivity contribution in [1.82, 2.24) is 14.9 Å². The summed E-state index contributed by atoms with van der Waals surface area (Å²) in [5, 5.41) is 2.97. The van der Waals surface area contributed by atoms with Gasteiger partial charge in [-0.15, -0.1) is 0 Å². The highest BCUT2D eigenvalue weighted by Crippen LogP contribution is 2.06. The van der Waals surface area contributed by atoms with Gasteiger partial charge in [-0.3, -0.25) is 4.79 Å². The van der Waals surface area contributed by atoms with E-state index in [1.165, 1.54) is 32.1 Å². The van der Waals surface area contributed by atoms with E-state index in [4.69, 9.17) is 0 Å². The van der Waals surface area contributed by atoms with Crippen molar-refractivity contribution in [3.8, 4) is 0 Å². The van der Waals surface area contributed by atoms with Crippen molar-refractivity contribution < 1.29 is 4.79 Å². The lowest BCUT2D eigenvalue weighted by atomic mass is 10.1. The molecule has 19 heavy (non-hydrogen) atoms. The minimum absolute atomic E-state index is 0.195. The van der Waals surface area contributed by atoms with E-state index in [1.54, 1.807) is 12.5 Å². The lowest BCUT2D eigenvalue weighted by molar-refractivity contribution is -0.121. The first-order valence-corrected chi connectivity index (χ1v) is 7.55. The molecule has 1 aromatic heterocycles. The summed E-state index contributed by atoms with van der Waals surface area (Å²) in [6.07, 6.45) is 14.5. The number of aromatic nitrogens is 2. The van der Waals surface area contributed by atoms with Crippen molar-refractivity contribution in [2.75, 3.05) is 6.54 Å². The van der Waals surface area contributed by atoms with E-state index in [-0.39, 0.29) is 5.91 Å². The fourth-order valence-electron chi connectivity index (χ4n) is 2.06. The molecule has 0 aliphatic carbocycles. The van der Waals surface area contributed by atoms with Gasteiger partial charge in [0.15, 0.2) is 0 Å². The van der Waals surface area contributed by atoms with Crippen LogP contribution in [0.3, 0.4) is 0 Å². The summed E-state index contributed by atoms with van der Waals surface area (Å²) in [5.74, 6) is 0.195. The molecule has 1 amide bonds. The van der Waals surface area contributed by atoms with Crippen LogP contribution in [0.15, 0.2) is 18.7 Å². The van der Waals surface area contributed by atoms with E-state index in [2.05, 4.69) is 17.2 Å². The summed E-state index contributed by atoms with van der Waals surface area (Å²) in [6.45, 7) is 3.89. The fraction of sp³-hybridized carbons (Fsp3) is 0.733. The first-order chi connectivity index (χ1) is 9.33. The Balaban J connectivity index is 1.88. The SMILES string of the molecule is CCCCCCCCC(=O)NCCCn1ccnc1. The highest BCUT2D eigenvalue weighted by molar-refractivity contribution is 5.75. The Bertz CT molecular complexity index is 322. The van der Waals surface area contributed by atoms with Gasteiger partial charge in [-0.25, -0.2) is 4.98 Å². The number of aryl methyl sites for hydroxylation is 1. The number of amides is 1. The van der Waals surface area contributed by atoms with E-state index in [0.717, 1.165) is 25.9 Å². The second kappa shape index (κ2) is 10.6. The Labute approximate surface area is 116 Å². The van der Waals surface area contributed by atoms with Crippen LogP contribution < -0.4 is 5.32 Å². The molecule has 0 saturated carbocycles. The molecule has 0 aliphatic heterocycles. The summed E-state index contributed by atoms with van der Waals surface area (Å²) in [5.41, 5.74) is 0. The standard InChI is InChI=1S/C15H27N3O/c1-2-3-4-5-6-7-9-15(19)17-10-8-12-18-13-11-16-14-18/h11,13-14H,2-10,12H2,1H3,(H,17,19). The normalized spacial score (nSPS) is 10.6. The number of carbonyl (C=O) groups is 1. The van der Waals surface area contributed by atoms with E-state index < -0.39 is 0 Å². The van der Waals surface area contributed by atoms with Crippen molar-refractivity contribution in [3.05, 3.63) is 18.7 Å². The summed E-state index contributed by atoms with van der Waals surface area (Å²) >= 11 is 0. The van der Waals surface area contributed by atoms with Gasteiger partial charge in [0.2, 0.25) is 5.91 Å². The number of hydrogen-bond acceptors (Lipinski definition) is 2. The van der Waals surface area contributed by atoms with Crippen LogP contribution >= 0.6 is 0 Å². The molecule has 1 heterocycles. The molecular formula is C15H27N3O. The summed E-state index contributed by atoms with van der Waals surface area (Å²) in [6, 6.07) is 0. The molecule has 0 radical (unpaired) electrons. The van der Waals surface area contributed by atoms with E-state index in [0.29, 0.717) is 6.42 Å². The Kier molecular flexibility index (Phi) is 8.77.